The molecule has 21 heavy (non-hydrogen) atoms. The third-order valence-electron chi connectivity index (χ3n) is 3.11. The molecule has 0 unspecified atom stereocenters. The predicted molar refractivity (Wildman–Crippen MR) is 84.0 cm³/mol. The van der Waals surface area contributed by atoms with E-state index in [9.17, 15) is 8.42 Å². The van der Waals surface area contributed by atoms with Gasteiger partial charge in [0, 0.05) is 0 Å². The monoisotopic (exact) mass is 325 g/mol. The van der Waals surface area contributed by atoms with E-state index < -0.39 is 10.0 Å². The number of benzene rings is 2. The van der Waals surface area contributed by atoms with E-state index in [1.54, 1.807) is 18.2 Å². The van der Waals surface area contributed by atoms with Gasteiger partial charge in [0.1, 0.15) is 4.90 Å². The standard InChI is InChI=1S/C15H16ClNO3S/c1-2-12-5-3-4-6-14(12)17-21(19,20)15-9-11(10-18)7-8-13(15)16/h3-9,17-18H,2,10H2,1H3. The molecule has 2 aromatic carbocycles. The zero-order valence-electron chi connectivity index (χ0n) is 11.5. The lowest BCUT2D eigenvalue weighted by Gasteiger charge is -2.13. The molecular weight excluding hydrogens is 310 g/mol. The average Bonchev–Trinajstić information content (AvgIpc) is 2.47. The van der Waals surface area contributed by atoms with E-state index in [4.69, 9.17) is 16.7 Å². The Hall–Kier alpha value is -1.56. The highest BCUT2D eigenvalue weighted by atomic mass is 35.5. The molecule has 0 aliphatic rings. The lowest BCUT2D eigenvalue weighted by molar-refractivity contribution is 0.281. The summed E-state index contributed by atoms with van der Waals surface area (Å²) in [5.74, 6) is 0. The van der Waals surface area contributed by atoms with Gasteiger partial charge in [0.05, 0.1) is 17.3 Å². The molecule has 0 saturated carbocycles. The van der Waals surface area contributed by atoms with Crippen molar-refractivity contribution in [2.45, 2.75) is 24.8 Å². The summed E-state index contributed by atoms with van der Waals surface area (Å²) in [5, 5.41) is 9.25. The maximum absolute atomic E-state index is 12.5. The summed E-state index contributed by atoms with van der Waals surface area (Å²) in [6.07, 6.45) is 0.711. The van der Waals surface area contributed by atoms with Gasteiger partial charge in [-0.15, -0.1) is 0 Å². The number of rotatable bonds is 5. The number of para-hydroxylation sites is 1. The Labute approximate surface area is 129 Å². The maximum Gasteiger partial charge on any atom is 0.263 e. The molecule has 0 saturated heterocycles. The van der Waals surface area contributed by atoms with Gasteiger partial charge in [0.15, 0.2) is 0 Å². The Morgan fingerprint density at radius 1 is 1.19 bits per heavy atom. The number of aryl methyl sites for hydroxylation is 1. The molecule has 0 spiro atoms. The Morgan fingerprint density at radius 3 is 2.57 bits per heavy atom. The number of aliphatic hydroxyl groups is 1. The zero-order valence-corrected chi connectivity index (χ0v) is 13.1. The largest absolute Gasteiger partial charge is 0.392 e. The van der Waals surface area contributed by atoms with E-state index in [-0.39, 0.29) is 16.5 Å². The number of hydrogen-bond donors (Lipinski definition) is 2. The molecule has 2 aromatic rings. The van der Waals surface area contributed by atoms with E-state index in [2.05, 4.69) is 4.72 Å². The van der Waals surface area contributed by atoms with Crippen molar-refractivity contribution in [2.24, 2.45) is 0 Å². The minimum Gasteiger partial charge on any atom is -0.392 e. The van der Waals surface area contributed by atoms with E-state index >= 15 is 0 Å². The van der Waals surface area contributed by atoms with Gasteiger partial charge in [-0.2, -0.15) is 0 Å². The molecule has 2 N–H and O–H groups in total. The van der Waals surface area contributed by atoms with Gasteiger partial charge in [-0.1, -0.05) is 42.8 Å². The average molecular weight is 326 g/mol. The zero-order chi connectivity index (χ0) is 15.5. The Morgan fingerprint density at radius 2 is 1.90 bits per heavy atom. The van der Waals surface area contributed by atoms with Gasteiger partial charge < -0.3 is 5.11 Å². The topological polar surface area (TPSA) is 66.4 Å². The van der Waals surface area contributed by atoms with Crippen molar-refractivity contribution in [3.63, 3.8) is 0 Å². The molecule has 0 bridgehead atoms. The Kier molecular flexibility index (Phi) is 4.88. The van der Waals surface area contributed by atoms with Gasteiger partial charge in [-0.05, 0) is 35.7 Å². The fourth-order valence-electron chi connectivity index (χ4n) is 1.98. The molecule has 112 valence electrons. The molecule has 0 radical (unpaired) electrons. The van der Waals surface area contributed by atoms with Crippen molar-refractivity contribution in [2.75, 3.05) is 4.72 Å². The van der Waals surface area contributed by atoms with Gasteiger partial charge in [-0.3, -0.25) is 4.72 Å². The van der Waals surface area contributed by atoms with Crippen molar-refractivity contribution in [1.82, 2.24) is 0 Å². The van der Waals surface area contributed by atoms with Crippen LogP contribution in [-0.4, -0.2) is 13.5 Å². The van der Waals surface area contributed by atoms with Crippen LogP contribution in [0.15, 0.2) is 47.4 Å². The van der Waals surface area contributed by atoms with Crippen LogP contribution in [0.5, 0.6) is 0 Å². The van der Waals surface area contributed by atoms with Crippen LogP contribution in [0.4, 0.5) is 5.69 Å². The first-order valence-corrected chi connectivity index (χ1v) is 8.34. The van der Waals surface area contributed by atoms with Crippen molar-refractivity contribution < 1.29 is 13.5 Å². The number of anilines is 1. The summed E-state index contributed by atoms with van der Waals surface area (Å²) in [6.45, 7) is 1.71. The summed E-state index contributed by atoms with van der Waals surface area (Å²) in [7, 11) is -3.80. The molecule has 0 heterocycles. The third kappa shape index (κ3) is 3.56. The minimum atomic E-state index is -3.80. The van der Waals surface area contributed by atoms with Crippen LogP contribution in [0.2, 0.25) is 5.02 Å². The second-order valence-corrected chi connectivity index (χ2v) is 6.60. The van der Waals surface area contributed by atoms with Crippen LogP contribution in [0.3, 0.4) is 0 Å². The van der Waals surface area contributed by atoms with E-state index in [1.165, 1.54) is 12.1 Å². The van der Waals surface area contributed by atoms with E-state index in [0.29, 0.717) is 17.7 Å². The fraction of sp³-hybridized carbons (Fsp3) is 0.200. The molecule has 0 fully saturated rings. The van der Waals surface area contributed by atoms with Crippen LogP contribution in [0, 0.1) is 0 Å². The van der Waals surface area contributed by atoms with Crippen LogP contribution in [0.1, 0.15) is 18.1 Å². The fourth-order valence-corrected chi connectivity index (χ4v) is 3.63. The summed E-state index contributed by atoms with van der Waals surface area (Å²) in [5.41, 5.74) is 1.92. The number of hydrogen-bond acceptors (Lipinski definition) is 3. The lowest BCUT2D eigenvalue weighted by Crippen LogP contribution is -2.15. The maximum atomic E-state index is 12.5. The number of nitrogens with one attached hydrogen (secondary N) is 1. The van der Waals surface area contributed by atoms with Crippen LogP contribution < -0.4 is 4.72 Å². The van der Waals surface area contributed by atoms with Crippen molar-refractivity contribution in [1.29, 1.82) is 0 Å². The third-order valence-corrected chi connectivity index (χ3v) is 4.96. The molecule has 0 aromatic heterocycles. The molecular formula is C15H16ClNO3S. The number of aliphatic hydroxyl groups excluding tert-OH is 1. The minimum absolute atomic E-state index is 0.0402. The second kappa shape index (κ2) is 6.47. The van der Waals surface area contributed by atoms with Gasteiger partial charge in [-0.25, -0.2) is 8.42 Å². The van der Waals surface area contributed by atoms with Crippen LogP contribution in [-0.2, 0) is 23.1 Å². The first-order valence-electron chi connectivity index (χ1n) is 6.48. The molecule has 6 heteroatoms. The Bertz CT molecular complexity index is 744. The highest BCUT2D eigenvalue weighted by Crippen LogP contribution is 2.26. The quantitative estimate of drug-likeness (QED) is 0.887. The summed E-state index contributed by atoms with van der Waals surface area (Å²) in [4.78, 5) is -0.0402. The smallest absolute Gasteiger partial charge is 0.263 e. The Balaban J connectivity index is 2.43. The van der Waals surface area contributed by atoms with Gasteiger partial charge >= 0.3 is 0 Å². The SMILES string of the molecule is CCc1ccccc1NS(=O)(=O)c1cc(CO)ccc1Cl. The van der Waals surface area contributed by atoms with Crippen LogP contribution >= 0.6 is 11.6 Å². The van der Waals surface area contributed by atoms with Gasteiger partial charge in [0.25, 0.3) is 10.0 Å². The number of sulfonamides is 1. The van der Waals surface area contributed by atoms with E-state index in [0.717, 1.165) is 5.56 Å². The molecule has 4 nitrogen and oxygen atoms in total. The molecule has 0 amide bonds. The summed E-state index contributed by atoms with van der Waals surface area (Å²) < 4.78 is 27.5. The highest BCUT2D eigenvalue weighted by molar-refractivity contribution is 7.92. The number of halogens is 1. The van der Waals surface area contributed by atoms with Crippen molar-refractivity contribution in [3.8, 4) is 0 Å². The van der Waals surface area contributed by atoms with Gasteiger partial charge in [0.2, 0.25) is 0 Å². The predicted octanol–water partition coefficient (Wildman–Crippen LogP) is 3.20. The van der Waals surface area contributed by atoms with Crippen molar-refractivity contribution >= 4 is 27.3 Å². The first-order chi connectivity index (χ1) is 9.97. The normalized spacial score (nSPS) is 11.4. The summed E-state index contributed by atoms with van der Waals surface area (Å²) >= 11 is 5.98. The van der Waals surface area contributed by atoms with Crippen LogP contribution in [0.25, 0.3) is 0 Å². The molecule has 0 aliphatic carbocycles. The van der Waals surface area contributed by atoms with E-state index in [1.807, 2.05) is 19.1 Å². The molecule has 0 atom stereocenters. The second-order valence-electron chi connectivity index (χ2n) is 4.54. The molecule has 2 rings (SSSR count). The van der Waals surface area contributed by atoms with Crippen molar-refractivity contribution in [3.05, 3.63) is 58.6 Å². The lowest BCUT2D eigenvalue weighted by atomic mass is 10.1. The highest BCUT2D eigenvalue weighted by Gasteiger charge is 2.19. The molecule has 0 aliphatic heterocycles. The first kappa shape index (κ1) is 15.8. The summed E-state index contributed by atoms with van der Waals surface area (Å²) in [6, 6.07) is 11.6.